The summed E-state index contributed by atoms with van der Waals surface area (Å²) in [5.74, 6) is 0.984. The molecule has 0 fully saturated rings. The molecule has 1 aliphatic rings. The molecule has 1 heterocycles. The minimum absolute atomic E-state index is 0.0148. The molecule has 0 aliphatic carbocycles. The highest BCUT2D eigenvalue weighted by Gasteiger charge is 2.34. The van der Waals surface area contributed by atoms with Gasteiger partial charge >= 0.3 is 0 Å². The van der Waals surface area contributed by atoms with Crippen molar-refractivity contribution in [3.05, 3.63) is 41.5 Å². The molecule has 3 N–H and O–H groups in total. The Hall–Kier alpha value is -3.26. The maximum absolute atomic E-state index is 13.0. The van der Waals surface area contributed by atoms with Crippen LogP contribution >= 0.6 is 0 Å². The summed E-state index contributed by atoms with van der Waals surface area (Å²) >= 11 is 0. The number of methoxy groups -OCH3 is 3. The van der Waals surface area contributed by atoms with Crippen molar-refractivity contribution < 1.29 is 28.5 Å². The number of carbonyl (C=O) groups is 2. The lowest BCUT2D eigenvalue weighted by atomic mass is 9.94. The monoisotopic (exact) mass is 428 g/mol. The van der Waals surface area contributed by atoms with Crippen molar-refractivity contribution in [3.8, 4) is 23.0 Å². The fraction of sp³-hybridized carbons (Fsp3) is 0.391. The number of ether oxygens (including phenoxy) is 4. The second-order valence-corrected chi connectivity index (χ2v) is 7.64. The summed E-state index contributed by atoms with van der Waals surface area (Å²) in [7, 11) is 4.44. The van der Waals surface area contributed by atoms with Crippen LogP contribution in [0.15, 0.2) is 30.3 Å². The first-order valence-corrected chi connectivity index (χ1v) is 9.99. The van der Waals surface area contributed by atoms with Gasteiger partial charge in [-0.05, 0) is 23.6 Å². The Morgan fingerprint density at radius 1 is 1.13 bits per heavy atom. The highest BCUT2D eigenvalue weighted by molar-refractivity contribution is 6.04. The molecule has 0 aromatic heterocycles. The highest BCUT2D eigenvalue weighted by atomic mass is 16.5. The molecule has 166 valence electrons. The van der Waals surface area contributed by atoms with E-state index in [0.29, 0.717) is 28.5 Å². The molecule has 0 bridgehead atoms. The van der Waals surface area contributed by atoms with Gasteiger partial charge in [-0.25, -0.2) is 0 Å². The summed E-state index contributed by atoms with van der Waals surface area (Å²) < 4.78 is 22.3. The number of amides is 1. The van der Waals surface area contributed by atoms with E-state index in [0.717, 1.165) is 5.56 Å². The zero-order chi connectivity index (χ0) is 22.7. The van der Waals surface area contributed by atoms with Crippen LogP contribution in [0.4, 0.5) is 5.69 Å². The number of benzene rings is 2. The number of carbonyl (C=O) groups excluding carboxylic acids is 2. The molecule has 0 saturated carbocycles. The number of hydrogen-bond acceptors (Lipinski definition) is 7. The summed E-state index contributed by atoms with van der Waals surface area (Å²) in [5, 5.41) is 2.82. The first-order valence-electron chi connectivity index (χ1n) is 9.99. The van der Waals surface area contributed by atoms with Crippen molar-refractivity contribution in [2.75, 3.05) is 26.6 Å². The van der Waals surface area contributed by atoms with E-state index >= 15 is 0 Å². The first kappa shape index (κ1) is 22.4. The Balaban J connectivity index is 1.91. The molecular weight excluding hydrogens is 400 g/mol. The summed E-state index contributed by atoms with van der Waals surface area (Å²) in [6.07, 6.45) is -0.416. The normalized spacial score (nSPS) is 16.2. The summed E-state index contributed by atoms with van der Waals surface area (Å²) in [4.78, 5) is 25.3. The Kier molecular flexibility index (Phi) is 6.70. The van der Waals surface area contributed by atoms with Crippen molar-refractivity contribution >= 4 is 17.4 Å². The van der Waals surface area contributed by atoms with Crippen LogP contribution in [0.2, 0.25) is 0 Å². The van der Waals surface area contributed by atoms with Gasteiger partial charge in [0.05, 0.1) is 33.8 Å². The van der Waals surface area contributed by atoms with Crippen molar-refractivity contribution in [1.82, 2.24) is 0 Å². The van der Waals surface area contributed by atoms with Gasteiger partial charge in [0.1, 0.15) is 17.4 Å². The zero-order valence-corrected chi connectivity index (χ0v) is 18.4. The van der Waals surface area contributed by atoms with E-state index in [1.54, 1.807) is 24.3 Å². The van der Waals surface area contributed by atoms with Gasteiger partial charge in [-0.3, -0.25) is 9.59 Å². The molecule has 0 radical (unpaired) electrons. The third-order valence-electron chi connectivity index (χ3n) is 5.26. The Morgan fingerprint density at radius 2 is 1.84 bits per heavy atom. The molecule has 0 saturated heterocycles. The Morgan fingerprint density at radius 3 is 2.45 bits per heavy atom. The van der Waals surface area contributed by atoms with Crippen LogP contribution < -0.4 is 30.0 Å². The predicted molar refractivity (Wildman–Crippen MR) is 116 cm³/mol. The van der Waals surface area contributed by atoms with E-state index in [-0.39, 0.29) is 29.8 Å². The van der Waals surface area contributed by atoms with Crippen LogP contribution in [-0.2, 0) is 4.79 Å². The average molecular weight is 428 g/mol. The van der Waals surface area contributed by atoms with E-state index in [1.165, 1.54) is 21.3 Å². The number of hydrogen-bond donors (Lipinski definition) is 2. The van der Waals surface area contributed by atoms with Crippen LogP contribution in [-0.4, -0.2) is 39.1 Å². The molecule has 2 atom stereocenters. The van der Waals surface area contributed by atoms with Crippen LogP contribution in [0.3, 0.4) is 0 Å². The number of ketones is 1. The number of fused-ring (bicyclic) bond motifs is 1. The molecule has 1 unspecified atom stereocenters. The first-order chi connectivity index (χ1) is 14.8. The number of anilines is 1. The number of nitrogens with one attached hydrogen (secondary N) is 1. The topological polar surface area (TPSA) is 109 Å². The molecule has 31 heavy (non-hydrogen) atoms. The predicted octanol–water partition coefficient (Wildman–Crippen LogP) is 3.34. The van der Waals surface area contributed by atoms with E-state index in [4.69, 9.17) is 24.7 Å². The SMILES string of the molecule is COc1cc2c(c(OC)c1OC)C(=O)CC(c1cccc(NC(=O)[C@@H](N)C(C)C)c1)O2. The summed E-state index contributed by atoms with van der Waals surface area (Å²) in [5.41, 5.74) is 7.59. The molecule has 1 aliphatic heterocycles. The summed E-state index contributed by atoms with van der Waals surface area (Å²) in [6.45, 7) is 3.77. The minimum atomic E-state index is -0.613. The molecule has 8 heteroatoms. The lowest BCUT2D eigenvalue weighted by Crippen LogP contribution is -2.39. The number of nitrogens with two attached hydrogens (primary N) is 1. The van der Waals surface area contributed by atoms with E-state index in [1.807, 2.05) is 19.9 Å². The largest absolute Gasteiger partial charge is 0.493 e. The van der Waals surface area contributed by atoms with E-state index < -0.39 is 12.1 Å². The van der Waals surface area contributed by atoms with Crippen LogP contribution in [0, 0.1) is 5.92 Å². The number of rotatable bonds is 7. The third kappa shape index (κ3) is 4.44. The number of Topliss-reactive ketones (excluding diaryl/α,β-unsaturated/α-hetero) is 1. The maximum Gasteiger partial charge on any atom is 0.241 e. The van der Waals surface area contributed by atoms with Crippen LogP contribution in [0.1, 0.15) is 42.3 Å². The second kappa shape index (κ2) is 9.26. The zero-order valence-electron chi connectivity index (χ0n) is 18.4. The van der Waals surface area contributed by atoms with Gasteiger partial charge in [0.25, 0.3) is 0 Å². The Labute approximate surface area is 181 Å². The van der Waals surface area contributed by atoms with Gasteiger partial charge in [-0.2, -0.15) is 0 Å². The van der Waals surface area contributed by atoms with Gasteiger partial charge in [0.2, 0.25) is 11.7 Å². The standard InChI is InChI=1S/C23H28N2O6/c1-12(2)20(24)23(27)25-14-8-6-7-13(9-14)16-10-15(26)19-17(31-16)11-18(28-3)21(29-4)22(19)30-5/h6-9,11-12,16,20H,10,24H2,1-5H3,(H,25,27)/t16?,20-/m0/s1. The lowest BCUT2D eigenvalue weighted by Gasteiger charge is -2.28. The van der Waals surface area contributed by atoms with Gasteiger partial charge in [0.15, 0.2) is 17.3 Å². The fourth-order valence-corrected chi connectivity index (χ4v) is 3.49. The van der Waals surface area contributed by atoms with Crippen LogP contribution in [0.5, 0.6) is 23.0 Å². The molecule has 0 spiro atoms. The van der Waals surface area contributed by atoms with Crippen molar-refractivity contribution in [3.63, 3.8) is 0 Å². The van der Waals surface area contributed by atoms with Gasteiger partial charge in [-0.15, -0.1) is 0 Å². The molecule has 1 amide bonds. The molecule has 3 rings (SSSR count). The molecule has 2 aromatic rings. The molecular formula is C23H28N2O6. The third-order valence-corrected chi connectivity index (χ3v) is 5.26. The molecule has 8 nitrogen and oxygen atoms in total. The van der Waals surface area contributed by atoms with Crippen molar-refractivity contribution in [1.29, 1.82) is 0 Å². The molecule has 2 aromatic carbocycles. The van der Waals surface area contributed by atoms with E-state index in [2.05, 4.69) is 5.32 Å². The minimum Gasteiger partial charge on any atom is -0.493 e. The quantitative estimate of drug-likeness (QED) is 0.696. The lowest BCUT2D eigenvalue weighted by molar-refractivity contribution is -0.118. The average Bonchev–Trinajstić information content (AvgIpc) is 2.76. The maximum atomic E-state index is 13.0. The van der Waals surface area contributed by atoms with Crippen LogP contribution in [0.25, 0.3) is 0 Å². The second-order valence-electron chi connectivity index (χ2n) is 7.64. The smallest absolute Gasteiger partial charge is 0.241 e. The van der Waals surface area contributed by atoms with Gasteiger partial charge in [0, 0.05) is 11.8 Å². The van der Waals surface area contributed by atoms with Gasteiger partial charge < -0.3 is 30.0 Å². The highest BCUT2D eigenvalue weighted by Crippen LogP contribution is 2.49. The van der Waals surface area contributed by atoms with Crippen molar-refractivity contribution in [2.45, 2.75) is 32.4 Å². The summed E-state index contributed by atoms with van der Waals surface area (Å²) in [6, 6.07) is 8.20. The van der Waals surface area contributed by atoms with Crippen molar-refractivity contribution in [2.24, 2.45) is 11.7 Å². The fourth-order valence-electron chi connectivity index (χ4n) is 3.49. The van der Waals surface area contributed by atoms with Gasteiger partial charge in [-0.1, -0.05) is 26.0 Å². The Bertz CT molecular complexity index is 988. The van der Waals surface area contributed by atoms with E-state index in [9.17, 15) is 9.59 Å².